The Morgan fingerprint density at radius 3 is 2.57 bits per heavy atom. The first-order valence-electron chi connectivity index (χ1n) is 13.4. The quantitative estimate of drug-likeness (QED) is 0.481. The lowest BCUT2D eigenvalue weighted by atomic mass is 10.0. The standard InChI is InChI=1S/C28H38N6O/c1-21(2)19-25-30-27(24-20-29-34(28(24)31-25)23-11-4-3-5-12-23)33-16-8-15-32(17-18-33)26(35)14-13-22-9-6-7-10-22/h3-5,11-12,20-22H,6-10,13-19H2,1-2H3. The predicted octanol–water partition coefficient (Wildman–Crippen LogP) is 5.02. The third-order valence-electron chi connectivity index (χ3n) is 7.44. The van der Waals surface area contributed by atoms with Gasteiger partial charge in [0.25, 0.3) is 0 Å². The van der Waals surface area contributed by atoms with E-state index in [9.17, 15) is 4.79 Å². The molecule has 2 fully saturated rings. The molecule has 0 N–H and O–H groups in total. The summed E-state index contributed by atoms with van der Waals surface area (Å²) < 4.78 is 1.92. The van der Waals surface area contributed by atoms with Crippen LogP contribution in [0.1, 0.15) is 64.6 Å². The summed E-state index contributed by atoms with van der Waals surface area (Å²) in [7, 11) is 0. The minimum absolute atomic E-state index is 0.323. The molecule has 35 heavy (non-hydrogen) atoms. The van der Waals surface area contributed by atoms with E-state index in [1.165, 1.54) is 25.7 Å². The molecule has 0 radical (unpaired) electrons. The van der Waals surface area contributed by atoms with Crippen molar-refractivity contribution in [2.45, 2.75) is 65.2 Å². The van der Waals surface area contributed by atoms with Gasteiger partial charge in [-0.2, -0.15) is 5.10 Å². The van der Waals surface area contributed by atoms with Crippen molar-refractivity contribution in [1.29, 1.82) is 0 Å². The molecule has 5 rings (SSSR count). The number of amides is 1. The average Bonchev–Trinajstić information content (AvgIpc) is 3.46. The van der Waals surface area contributed by atoms with Gasteiger partial charge in [-0.05, 0) is 36.8 Å². The van der Waals surface area contributed by atoms with E-state index in [0.717, 1.165) is 79.7 Å². The van der Waals surface area contributed by atoms with Gasteiger partial charge in [-0.25, -0.2) is 14.6 Å². The molecule has 3 heterocycles. The molecular weight excluding hydrogens is 436 g/mol. The molecule has 0 atom stereocenters. The monoisotopic (exact) mass is 474 g/mol. The SMILES string of the molecule is CC(C)Cc1nc(N2CCCN(C(=O)CCC3CCCC3)CC2)c2cnn(-c3ccccc3)c2n1. The van der Waals surface area contributed by atoms with Crippen molar-refractivity contribution in [3.63, 3.8) is 0 Å². The first-order chi connectivity index (χ1) is 17.1. The molecule has 1 aromatic carbocycles. The zero-order valence-electron chi connectivity index (χ0n) is 21.2. The minimum atomic E-state index is 0.323. The van der Waals surface area contributed by atoms with E-state index in [2.05, 4.69) is 35.8 Å². The third kappa shape index (κ3) is 5.49. The van der Waals surface area contributed by atoms with E-state index < -0.39 is 0 Å². The Kier molecular flexibility index (Phi) is 7.30. The van der Waals surface area contributed by atoms with Crippen LogP contribution in [0.2, 0.25) is 0 Å². The van der Waals surface area contributed by atoms with Crippen LogP contribution in [0.4, 0.5) is 5.82 Å². The second kappa shape index (κ2) is 10.8. The normalized spacial score (nSPS) is 17.5. The Morgan fingerprint density at radius 1 is 1.00 bits per heavy atom. The van der Waals surface area contributed by atoms with Gasteiger partial charge in [0, 0.05) is 39.0 Å². The van der Waals surface area contributed by atoms with Crippen LogP contribution < -0.4 is 4.90 Å². The minimum Gasteiger partial charge on any atom is -0.354 e. The fourth-order valence-corrected chi connectivity index (χ4v) is 5.56. The van der Waals surface area contributed by atoms with Gasteiger partial charge in [-0.15, -0.1) is 0 Å². The van der Waals surface area contributed by atoms with Crippen LogP contribution >= 0.6 is 0 Å². The highest BCUT2D eigenvalue weighted by Gasteiger charge is 2.24. The highest BCUT2D eigenvalue weighted by molar-refractivity contribution is 5.88. The predicted molar refractivity (Wildman–Crippen MR) is 140 cm³/mol. The van der Waals surface area contributed by atoms with Crippen LogP contribution in [0.5, 0.6) is 0 Å². The number of anilines is 1. The third-order valence-corrected chi connectivity index (χ3v) is 7.44. The lowest BCUT2D eigenvalue weighted by molar-refractivity contribution is -0.131. The van der Waals surface area contributed by atoms with Crippen molar-refractivity contribution >= 4 is 22.8 Å². The number of carbonyl (C=O) groups excluding carboxylic acids is 1. The van der Waals surface area contributed by atoms with Crippen LogP contribution in [0.15, 0.2) is 36.5 Å². The molecular formula is C28H38N6O. The van der Waals surface area contributed by atoms with E-state index >= 15 is 0 Å². The topological polar surface area (TPSA) is 67.2 Å². The largest absolute Gasteiger partial charge is 0.354 e. The fraction of sp³-hybridized carbons (Fsp3) is 0.571. The molecule has 0 bridgehead atoms. The van der Waals surface area contributed by atoms with Crippen LogP contribution in [-0.2, 0) is 11.2 Å². The van der Waals surface area contributed by atoms with E-state index in [1.807, 2.05) is 29.1 Å². The zero-order chi connectivity index (χ0) is 24.2. The van der Waals surface area contributed by atoms with Crippen molar-refractivity contribution < 1.29 is 4.79 Å². The van der Waals surface area contributed by atoms with E-state index in [-0.39, 0.29) is 0 Å². The Labute approximate surface area is 208 Å². The van der Waals surface area contributed by atoms with Crippen molar-refractivity contribution in [2.24, 2.45) is 11.8 Å². The molecule has 0 spiro atoms. The molecule has 186 valence electrons. The molecule has 2 aliphatic rings. The molecule has 7 heteroatoms. The molecule has 0 unspecified atom stereocenters. The van der Waals surface area contributed by atoms with Gasteiger partial charge in [0.15, 0.2) is 5.65 Å². The summed E-state index contributed by atoms with van der Waals surface area (Å²) in [5.74, 6) is 3.36. The maximum Gasteiger partial charge on any atom is 0.222 e. The first kappa shape index (κ1) is 23.8. The second-order valence-corrected chi connectivity index (χ2v) is 10.6. The Hall–Kier alpha value is -2.96. The maximum atomic E-state index is 13.0. The number of nitrogens with zero attached hydrogens (tertiary/aromatic N) is 6. The summed E-state index contributed by atoms with van der Waals surface area (Å²) in [6.45, 7) is 7.65. The molecule has 2 aromatic heterocycles. The number of aromatic nitrogens is 4. The van der Waals surface area contributed by atoms with Gasteiger partial charge in [-0.1, -0.05) is 57.7 Å². The Balaban J connectivity index is 1.37. The maximum absolute atomic E-state index is 13.0. The molecule has 1 saturated carbocycles. The van der Waals surface area contributed by atoms with Crippen LogP contribution in [0.25, 0.3) is 16.7 Å². The van der Waals surface area contributed by atoms with Gasteiger partial charge in [0.05, 0.1) is 17.3 Å². The number of carbonyl (C=O) groups is 1. The number of para-hydroxylation sites is 1. The van der Waals surface area contributed by atoms with E-state index in [4.69, 9.17) is 15.1 Å². The highest BCUT2D eigenvalue weighted by atomic mass is 16.2. The molecule has 3 aromatic rings. The zero-order valence-corrected chi connectivity index (χ0v) is 21.2. The first-order valence-corrected chi connectivity index (χ1v) is 13.4. The van der Waals surface area contributed by atoms with Crippen LogP contribution in [0.3, 0.4) is 0 Å². The van der Waals surface area contributed by atoms with Gasteiger partial charge in [0.1, 0.15) is 11.6 Å². The van der Waals surface area contributed by atoms with Crippen molar-refractivity contribution in [3.05, 3.63) is 42.4 Å². The molecule has 1 amide bonds. The van der Waals surface area contributed by atoms with Gasteiger partial charge in [0.2, 0.25) is 5.91 Å². The number of hydrogen-bond donors (Lipinski definition) is 0. The Bertz CT molecular complexity index is 1140. The average molecular weight is 475 g/mol. The van der Waals surface area contributed by atoms with Crippen LogP contribution in [-0.4, -0.2) is 56.7 Å². The van der Waals surface area contributed by atoms with Gasteiger partial charge >= 0.3 is 0 Å². The summed E-state index contributed by atoms with van der Waals surface area (Å²) in [4.78, 5) is 27.4. The smallest absolute Gasteiger partial charge is 0.222 e. The lowest BCUT2D eigenvalue weighted by Gasteiger charge is -2.24. The summed E-state index contributed by atoms with van der Waals surface area (Å²) in [6, 6.07) is 10.2. The summed E-state index contributed by atoms with van der Waals surface area (Å²) in [5, 5.41) is 5.67. The lowest BCUT2D eigenvalue weighted by Crippen LogP contribution is -2.35. The van der Waals surface area contributed by atoms with Crippen molar-refractivity contribution in [3.8, 4) is 5.69 Å². The van der Waals surface area contributed by atoms with Crippen molar-refractivity contribution in [1.82, 2.24) is 24.6 Å². The number of fused-ring (bicyclic) bond motifs is 1. The van der Waals surface area contributed by atoms with E-state index in [1.54, 1.807) is 0 Å². The molecule has 1 aliphatic heterocycles. The second-order valence-electron chi connectivity index (χ2n) is 10.6. The van der Waals surface area contributed by atoms with Gasteiger partial charge < -0.3 is 9.80 Å². The molecule has 7 nitrogen and oxygen atoms in total. The molecule has 1 saturated heterocycles. The number of hydrogen-bond acceptors (Lipinski definition) is 5. The number of rotatable bonds is 7. The molecule has 1 aliphatic carbocycles. The van der Waals surface area contributed by atoms with Gasteiger partial charge in [-0.3, -0.25) is 4.79 Å². The van der Waals surface area contributed by atoms with Crippen LogP contribution in [0, 0.1) is 11.8 Å². The fourth-order valence-electron chi connectivity index (χ4n) is 5.56. The Morgan fingerprint density at radius 2 is 1.80 bits per heavy atom. The van der Waals surface area contributed by atoms with E-state index in [0.29, 0.717) is 18.2 Å². The van der Waals surface area contributed by atoms with Crippen molar-refractivity contribution in [2.75, 3.05) is 31.1 Å². The summed E-state index contributed by atoms with van der Waals surface area (Å²) in [6.07, 6.45) is 10.7. The summed E-state index contributed by atoms with van der Waals surface area (Å²) >= 11 is 0. The summed E-state index contributed by atoms with van der Waals surface area (Å²) in [5.41, 5.74) is 1.85. The number of benzene rings is 1. The highest BCUT2D eigenvalue weighted by Crippen LogP contribution is 2.30.